The lowest BCUT2D eigenvalue weighted by atomic mass is 10.1. The number of amides is 2. The fourth-order valence-electron chi connectivity index (χ4n) is 2.62. The molecule has 1 aromatic heterocycles. The summed E-state index contributed by atoms with van der Waals surface area (Å²) in [5.41, 5.74) is 2.94. The molecular weight excluding hydrogens is 306 g/mol. The second-order valence-corrected chi connectivity index (χ2v) is 5.90. The number of nitrogens with zero attached hydrogens (tertiary/aromatic N) is 1. The quantitative estimate of drug-likeness (QED) is 0.818. The smallest absolute Gasteiger partial charge is 0.315 e. The SMILES string of the molecule is CO[C@@H](CNC(=O)N[C@@H](C)Cc1c(C)noc1C)c1ccccc1. The average molecular weight is 331 g/mol. The molecule has 0 radical (unpaired) electrons. The predicted molar refractivity (Wildman–Crippen MR) is 91.9 cm³/mol. The Bertz CT molecular complexity index is 635. The van der Waals surface area contributed by atoms with Crippen molar-refractivity contribution in [1.82, 2.24) is 15.8 Å². The Kier molecular flexibility index (Phi) is 6.37. The number of carbonyl (C=O) groups is 1. The predicted octanol–water partition coefficient (Wildman–Crippen LogP) is 2.91. The summed E-state index contributed by atoms with van der Waals surface area (Å²) < 4.78 is 10.6. The molecule has 2 atom stereocenters. The normalized spacial score (nSPS) is 13.3. The molecule has 2 aromatic rings. The number of rotatable bonds is 7. The molecule has 6 nitrogen and oxygen atoms in total. The summed E-state index contributed by atoms with van der Waals surface area (Å²) >= 11 is 0. The number of carbonyl (C=O) groups excluding carboxylic acids is 1. The van der Waals surface area contributed by atoms with Crippen molar-refractivity contribution < 1.29 is 14.1 Å². The minimum atomic E-state index is -0.216. The Hall–Kier alpha value is -2.34. The van der Waals surface area contributed by atoms with Crippen molar-refractivity contribution in [2.75, 3.05) is 13.7 Å². The molecule has 24 heavy (non-hydrogen) atoms. The summed E-state index contributed by atoms with van der Waals surface area (Å²) in [6.45, 7) is 6.15. The fraction of sp³-hybridized carbons (Fsp3) is 0.444. The van der Waals surface area contributed by atoms with E-state index < -0.39 is 0 Å². The molecule has 0 saturated heterocycles. The van der Waals surface area contributed by atoms with E-state index in [1.165, 1.54) is 0 Å². The number of methoxy groups -OCH3 is 1. The average Bonchev–Trinajstić information content (AvgIpc) is 2.88. The molecule has 1 aromatic carbocycles. The lowest BCUT2D eigenvalue weighted by molar-refractivity contribution is 0.104. The van der Waals surface area contributed by atoms with Crippen LogP contribution in [0.4, 0.5) is 4.79 Å². The third-order valence-corrected chi connectivity index (χ3v) is 3.97. The van der Waals surface area contributed by atoms with Gasteiger partial charge in [-0.2, -0.15) is 0 Å². The number of benzene rings is 1. The zero-order valence-corrected chi connectivity index (χ0v) is 14.6. The number of aryl methyl sites for hydroxylation is 2. The molecule has 0 bridgehead atoms. The summed E-state index contributed by atoms with van der Waals surface area (Å²) in [7, 11) is 1.64. The highest BCUT2D eigenvalue weighted by Crippen LogP contribution is 2.15. The van der Waals surface area contributed by atoms with E-state index in [0.29, 0.717) is 13.0 Å². The monoisotopic (exact) mass is 331 g/mol. The molecule has 2 amide bonds. The summed E-state index contributed by atoms with van der Waals surface area (Å²) in [6.07, 6.45) is 0.510. The van der Waals surface area contributed by atoms with Crippen LogP contribution in [0.5, 0.6) is 0 Å². The third kappa shape index (κ3) is 4.83. The van der Waals surface area contributed by atoms with Gasteiger partial charge >= 0.3 is 6.03 Å². The van der Waals surface area contributed by atoms with Crippen molar-refractivity contribution in [2.24, 2.45) is 0 Å². The number of ether oxygens (including phenoxy) is 1. The van der Waals surface area contributed by atoms with E-state index >= 15 is 0 Å². The maximum absolute atomic E-state index is 12.1. The minimum Gasteiger partial charge on any atom is -0.375 e. The molecule has 0 fully saturated rings. The van der Waals surface area contributed by atoms with Crippen LogP contribution in [0.25, 0.3) is 0 Å². The molecule has 0 saturated carbocycles. The van der Waals surface area contributed by atoms with Crippen LogP contribution >= 0.6 is 0 Å². The van der Waals surface area contributed by atoms with Crippen molar-refractivity contribution in [3.63, 3.8) is 0 Å². The van der Waals surface area contributed by atoms with Gasteiger partial charge in [0.1, 0.15) is 5.76 Å². The lowest BCUT2D eigenvalue weighted by Gasteiger charge is -2.18. The van der Waals surface area contributed by atoms with Gasteiger partial charge in [-0.25, -0.2) is 4.79 Å². The van der Waals surface area contributed by atoms with Crippen LogP contribution in [-0.2, 0) is 11.2 Å². The van der Waals surface area contributed by atoms with Crippen molar-refractivity contribution in [2.45, 2.75) is 39.3 Å². The first-order valence-electron chi connectivity index (χ1n) is 8.05. The zero-order valence-electron chi connectivity index (χ0n) is 14.6. The number of urea groups is 1. The number of aromatic nitrogens is 1. The Morgan fingerprint density at radius 3 is 2.58 bits per heavy atom. The van der Waals surface area contributed by atoms with Gasteiger partial charge in [0.05, 0.1) is 11.8 Å². The van der Waals surface area contributed by atoms with E-state index in [1.807, 2.05) is 51.1 Å². The van der Waals surface area contributed by atoms with Gasteiger partial charge in [0.25, 0.3) is 0 Å². The van der Waals surface area contributed by atoms with Gasteiger partial charge in [-0.3, -0.25) is 0 Å². The van der Waals surface area contributed by atoms with Gasteiger partial charge in [-0.1, -0.05) is 35.5 Å². The highest BCUT2D eigenvalue weighted by Gasteiger charge is 2.16. The standard InChI is InChI=1S/C18H25N3O3/c1-12(10-16-13(2)21-24-14(16)3)20-18(22)19-11-17(23-4)15-8-6-5-7-9-15/h5-9,12,17H,10-11H2,1-4H3,(H2,19,20,22)/t12-,17-/m0/s1. The summed E-state index contributed by atoms with van der Waals surface area (Å²) in [6, 6.07) is 9.57. The molecule has 2 N–H and O–H groups in total. The van der Waals surface area contributed by atoms with E-state index in [4.69, 9.17) is 9.26 Å². The maximum Gasteiger partial charge on any atom is 0.315 e. The molecule has 0 aliphatic heterocycles. The lowest BCUT2D eigenvalue weighted by Crippen LogP contribution is -2.43. The number of hydrogen-bond donors (Lipinski definition) is 2. The Morgan fingerprint density at radius 2 is 2.00 bits per heavy atom. The summed E-state index contributed by atoms with van der Waals surface area (Å²) in [5.74, 6) is 0.796. The summed E-state index contributed by atoms with van der Waals surface area (Å²) in [5, 5.41) is 9.72. The van der Waals surface area contributed by atoms with E-state index in [9.17, 15) is 4.79 Å². The Balaban J connectivity index is 1.82. The molecule has 0 aliphatic rings. The van der Waals surface area contributed by atoms with E-state index in [0.717, 1.165) is 22.6 Å². The maximum atomic E-state index is 12.1. The van der Waals surface area contributed by atoms with Crippen molar-refractivity contribution >= 4 is 6.03 Å². The first-order valence-corrected chi connectivity index (χ1v) is 8.05. The molecule has 6 heteroatoms. The van der Waals surface area contributed by atoms with Crippen LogP contribution in [0.3, 0.4) is 0 Å². The Labute approximate surface area is 142 Å². The molecule has 130 valence electrons. The fourth-order valence-corrected chi connectivity index (χ4v) is 2.62. The second-order valence-electron chi connectivity index (χ2n) is 5.90. The summed E-state index contributed by atoms with van der Waals surface area (Å²) in [4.78, 5) is 12.1. The Morgan fingerprint density at radius 1 is 1.29 bits per heavy atom. The molecule has 0 spiro atoms. The highest BCUT2D eigenvalue weighted by atomic mass is 16.5. The van der Waals surface area contributed by atoms with E-state index in [2.05, 4.69) is 15.8 Å². The number of hydrogen-bond acceptors (Lipinski definition) is 4. The van der Waals surface area contributed by atoms with E-state index in [-0.39, 0.29) is 18.2 Å². The number of nitrogens with one attached hydrogen (secondary N) is 2. The van der Waals surface area contributed by atoms with Crippen LogP contribution in [0, 0.1) is 13.8 Å². The van der Waals surface area contributed by atoms with Crippen LogP contribution in [0.2, 0.25) is 0 Å². The largest absolute Gasteiger partial charge is 0.375 e. The van der Waals surface area contributed by atoms with Crippen LogP contribution in [0.1, 0.15) is 35.6 Å². The third-order valence-electron chi connectivity index (χ3n) is 3.97. The molecule has 1 heterocycles. The minimum absolute atomic E-state index is 0.0282. The molecule has 0 unspecified atom stereocenters. The van der Waals surface area contributed by atoms with Gasteiger partial charge in [0.2, 0.25) is 0 Å². The first kappa shape index (κ1) is 18.0. The van der Waals surface area contributed by atoms with Gasteiger partial charge < -0.3 is 19.9 Å². The van der Waals surface area contributed by atoms with Gasteiger partial charge in [-0.05, 0) is 32.8 Å². The van der Waals surface area contributed by atoms with Crippen LogP contribution in [0.15, 0.2) is 34.9 Å². The highest BCUT2D eigenvalue weighted by molar-refractivity contribution is 5.74. The van der Waals surface area contributed by atoms with Gasteiger partial charge in [0, 0.05) is 25.3 Å². The van der Waals surface area contributed by atoms with Gasteiger partial charge in [0.15, 0.2) is 0 Å². The topological polar surface area (TPSA) is 76.4 Å². The molecule has 0 aliphatic carbocycles. The second kappa shape index (κ2) is 8.49. The molecule has 2 rings (SSSR count). The zero-order chi connectivity index (χ0) is 17.5. The van der Waals surface area contributed by atoms with Crippen molar-refractivity contribution in [3.05, 3.63) is 52.9 Å². The first-order chi connectivity index (χ1) is 11.5. The van der Waals surface area contributed by atoms with Crippen molar-refractivity contribution in [1.29, 1.82) is 0 Å². The van der Waals surface area contributed by atoms with E-state index in [1.54, 1.807) is 7.11 Å². The van der Waals surface area contributed by atoms with Crippen LogP contribution < -0.4 is 10.6 Å². The molecular formula is C18H25N3O3. The van der Waals surface area contributed by atoms with Crippen LogP contribution in [-0.4, -0.2) is 30.9 Å². The van der Waals surface area contributed by atoms with Crippen molar-refractivity contribution in [3.8, 4) is 0 Å². The van der Waals surface area contributed by atoms with Gasteiger partial charge in [-0.15, -0.1) is 0 Å².